The number of hydrogen-bond acceptors (Lipinski definition) is 4. The highest BCUT2D eigenvalue weighted by atomic mass is 19.1. The molecule has 0 unspecified atom stereocenters. The van der Waals surface area contributed by atoms with Crippen LogP contribution in [0.5, 0.6) is 11.5 Å². The summed E-state index contributed by atoms with van der Waals surface area (Å²) in [5.74, 6) is 0.439. The highest BCUT2D eigenvalue weighted by molar-refractivity contribution is 5.91. The lowest BCUT2D eigenvalue weighted by atomic mass is 9.93. The number of carbonyl (C=O) groups is 1. The summed E-state index contributed by atoms with van der Waals surface area (Å²) in [7, 11) is 3.13. The zero-order valence-corrected chi connectivity index (χ0v) is 17.4. The summed E-state index contributed by atoms with van der Waals surface area (Å²) in [6.07, 6.45) is 3.24. The van der Waals surface area contributed by atoms with Crippen LogP contribution < -0.4 is 14.8 Å². The predicted octanol–water partition coefficient (Wildman–Crippen LogP) is 4.61. The number of piperidine rings is 1. The van der Waals surface area contributed by atoms with Crippen LogP contribution in [0.25, 0.3) is 0 Å². The molecule has 1 aliphatic heterocycles. The monoisotopic (exact) mass is 418 g/mol. The lowest BCUT2D eigenvalue weighted by Gasteiger charge is -2.32. The van der Waals surface area contributed by atoms with Crippen LogP contribution in [0.4, 0.5) is 14.5 Å². The molecule has 0 spiro atoms. The molecule has 1 N–H and O–H groups in total. The molecule has 0 bridgehead atoms. The van der Waals surface area contributed by atoms with Gasteiger partial charge >= 0.3 is 0 Å². The Morgan fingerprint density at radius 1 is 1.07 bits per heavy atom. The average Bonchev–Trinajstić information content (AvgIpc) is 2.71. The van der Waals surface area contributed by atoms with Crippen LogP contribution in [0.3, 0.4) is 0 Å². The molecule has 1 heterocycles. The second kappa shape index (κ2) is 10.4. The van der Waals surface area contributed by atoms with E-state index in [-0.39, 0.29) is 5.91 Å². The third-order valence-corrected chi connectivity index (χ3v) is 5.35. The second-order valence-electron chi connectivity index (χ2n) is 7.71. The van der Waals surface area contributed by atoms with Gasteiger partial charge in [0.2, 0.25) is 5.91 Å². The number of anilines is 1. The maximum absolute atomic E-state index is 13.4. The van der Waals surface area contributed by atoms with Crippen molar-refractivity contribution >= 4 is 11.6 Å². The fourth-order valence-electron chi connectivity index (χ4n) is 3.93. The molecule has 1 aliphatic rings. The smallest absolute Gasteiger partial charge is 0.224 e. The summed E-state index contributed by atoms with van der Waals surface area (Å²) in [5, 5.41) is 2.90. The highest BCUT2D eigenvalue weighted by Gasteiger charge is 2.21. The number of amides is 1. The molecule has 0 aliphatic carbocycles. The molecular weight excluding hydrogens is 390 g/mol. The molecule has 1 saturated heterocycles. The van der Waals surface area contributed by atoms with E-state index >= 15 is 0 Å². The average molecular weight is 418 g/mol. The number of likely N-dealkylation sites (tertiary alicyclic amines) is 1. The molecule has 1 atom stereocenters. The van der Waals surface area contributed by atoms with Gasteiger partial charge in [0.25, 0.3) is 0 Å². The minimum atomic E-state index is -0.551. The molecule has 1 fully saturated rings. The normalized spacial score (nSPS) is 16.9. The highest BCUT2D eigenvalue weighted by Crippen LogP contribution is 2.27. The van der Waals surface area contributed by atoms with Crippen molar-refractivity contribution in [3.05, 3.63) is 53.6 Å². The van der Waals surface area contributed by atoms with Crippen molar-refractivity contribution in [2.75, 3.05) is 32.6 Å². The third kappa shape index (κ3) is 6.42. The maximum atomic E-state index is 13.4. The number of benzene rings is 2. The van der Waals surface area contributed by atoms with Crippen LogP contribution in [0.15, 0.2) is 36.4 Å². The quantitative estimate of drug-likeness (QED) is 0.680. The largest absolute Gasteiger partial charge is 0.497 e. The van der Waals surface area contributed by atoms with Crippen LogP contribution in [0.1, 0.15) is 31.2 Å². The molecule has 162 valence electrons. The summed E-state index contributed by atoms with van der Waals surface area (Å²) >= 11 is 0. The van der Waals surface area contributed by atoms with Gasteiger partial charge in [-0.05, 0) is 49.4 Å². The number of nitrogens with zero attached hydrogens (tertiary/aromatic N) is 1. The fraction of sp³-hybridized carbons (Fsp3) is 0.435. The Morgan fingerprint density at radius 3 is 2.37 bits per heavy atom. The summed E-state index contributed by atoms with van der Waals surface area (Å²) < 4.78 is 37.3. The van der Waals surface area contributed by atoms with Crippen LogP contribution in [0.2, 0.25) is 0 Å². The van der Waals surface area contributed by atoms with Crippen molar-refractivity contribution in [3.63, 3.8) is 0 Å². The van der Waals surface area contributed by atoms with Gasteiger partial charge in [-0.25, -0.2) is 8.78 Å². The van der Waals surface area contributed by atoms with Crippen molar-refractivity contribution in [1.82, 2.24) is 4.90 Å². The van der Waals surface area contributed by atoms with Gasteiger partial charge in [0.05, 0.1) is 14.2 Å². The van der Waals surface area contributed by atoms with Gasteiger partial charge in [-0.2, -0.15) is 0 Å². The molecule has 7 heteroatoms. The van der Waals surface area contributed by atoms with E-state index in [2.05, 4.69) is 10.2 Å². The van der Waals surface area contributed by atoms with Crippen LogP contribution >= 0.6 is 0 Å². The van der Waals surface area contributed by atoms with Crippen molar-refractivity contribution in [2.45, 2.75) is 32.2 Å². The number of halogens is 2. The van der Waals surface area contributed by atoms with Crippen molar-refractivity contribution in [1.29, 1.82) is 0 Å². The number of hydrogen-bond donors (Lipinski definition) is 1. The van der Waals surface area contributed by atoms with E-state index in [0.717, 1.165) is 38.4 Å². The van der Waals surface area contributed by atoms with Gasteiger partial charge in [0.15, 0.2) is 0 Å². The van der Waals surface area contributed by atoms with E-state index in [4.69, 9.17) is 9.47 Å². The molecule has 5 nitrogen and oxygen atoms in total. The second-order valence-corrected chi connectivity index (χ2v) is 7.71. The first-order valence-electron chi connectivity index (χ1n) is 10.2. The van der Waals surface area contributed by atoms with Crippen LogP contribution in [-0.2, 0) is 11.3 Å². The Bertz CT molecular complexity index is 833. The Hall–Kier alpha value is -2.67. The summed E-state index contributed by atoms with van der Waals surface area (Å²) in [6.45, 7) is 2.23. The van der Waals surface area contributed by atoms with E-state index in [1.807, 2.05) is 0 Å². The summed E-state index contributed by atoms with van der Waals surface area (Å²) in [5.41, 5.74) is 1.27. The molecule has 1 amide bonds. The molecular formula is C23H28F2N2O3. The summed E-state index contributed by atoms with van der Waals surface area (Å²) in [4.78, 5) is 14.6. The lowest BCUT2D eigenvalue weighted by molar-refractivity contribution is -0.116. The van der Waals surface area contributed by atoms with E-state index in [1.54, 1.807) is 32.4 Å². The van der Waals surface area contributed by atoms with Gasteiger partial charge < -0.3 is 14.8 Å². The molecule has 2 aromatic carbocycles. The predicted molar refractivity (Wildman–Crippen MR) is 112 cm³/mol. The molecule has 2 aromatic rings. The van der Waals surface area contributed by atoms with Gasteiger partial charge in [-0.15, -0.1) is 0 Å². The molecule has 3 rings (SSSR count). The minimum Gasteiger partial charge on any atom is -0.497 e. The third-order valence-electron chi connectivity index (χ3n) is 5.35. The van der Waals surface area contributed by atoms with Crippen molar-refractivity contribution in [3.8, 4) is 11.5 Å². The van der Waals surface area contributed by atoms with Gasteiger partial charge in [-0.3, -0.25) is 9.69 Å². The Morgan fingerprint density at radius 2 is 1.73 bits per heavy atom. The maximum Gasteiger partial charge on any atom is 0.224 e. The molecule has 0 aromatic heterocycles. The molecule has 30 heavy (non-hydrogen) atoms. The fourth-order valence-corrected chi connectivity index (χ4v) is 3.93. The molecule has 0 saturated carbocycles. The number of rotatable bonds is 8. The first kappa shape index (κ1) is 22.0. The first-order valence-corrected chi connectivity index (χ1v) is 10.2. The molecule has 0 radical (unpaired) electrons. The SMILES string of the molecule is COc1cc(NC(=O)CC[C@@H]2CCCN(Cc3cc(F)cc(F)c3)C2)cc(OC)c1. The van der Waals surface area contributed by atoms with E-state index in [1.165, 1.54) is 12.1 Å². The topological polar surface area (TPSA) is 50.8 Å². The lowest BCUT2D eigenvalue weighted by Crippen LogP contribution is -2.35. The number of ether oxygens (including phenoxy) is 2. The van der Waals surface area contributed by atoms with Gasteiger partial charge in [-0.1, -0.05) is 0 Å². The standard InChI is InChI=1S/C23H28F2N2O3/c1-29-21-11-20(12-22(13-21)30-2)26-23(28)6-5-16-4-3-7-27(14-16)15-17-8-18(24)10-19(25)9-17/h8-13,16H,3-7,14-15H2,1-2H3,(H,26,28)/t16-/m0/s1. The zero-order valence-electron chi connectivity index (χ0n) is 17.4. The van der Waals surface area contributed by atoms with Crippen molar-refractivity contribution < 1.29 is 23.0 Å². The Kier molecular flexibility index (Phi) is 7.63. The van der Waals surface area contributed by atoms with E-state index < -0.39 is 11.6 Å². The Balaban J connectivity index is 1.50. The zero-order chi connectivity index (χ0) is 21.5. The van der Waals surface area contributed by atoms with Crippen LogP contribution in [0, 0.1) is 17.6 Å². The Labute approximate surface area is 176 Å². The summed E-state index contributed by atoms with van der Waals surface area (Å²) in [6, 6.07) is 8.89. The van der Waals surface area contributed by atoms with Gasteiger partial charge in [0.1, 0.15) is 23.1 Å². The van der Waals surface area contributed by atoms with Gasteiger partial charge in [0, 0.05) is 49.5 Å². The first-order chi connectivity index (χ1) is 14.4. The van der Waals surface area contributed by atoms with E-state index in [0.29, 0.717) is 41.6 Å². The van der Waals surface area contributed by atoms with E-state index in [9.17, 15) is 13.6 Å². The van der Waals surface area contributed by atoms with Crippen LogP contribution in [-0.4, -0.2) is 38.1 Å². The minimum absolute atomic E-state index is 0.0605. The number of nitrogens with one attached hydrogen (secondary N) is 1. The number of methoxy groups -OCH3 is 2. The number of carbonyl (C=O) groups excluding carboxylic acids is 1. The van der Waals surface area contributed by atoms with Crippen molar-refractivity contribution in [2.24, 2.45) is 5.92 Å².